The van der Waals surface area contributed by atoms with E-state index in [0.717, 1.165) is 57.6 Å². The predicted octanol–water partition coefficient (Wildman–Crippen LogP) is 10.7. The molecule has 0 amide bonds. The highest BCUT2D eigenvalue weighted by Crippen LogP contribution is 2.46. The molecule has 3 atom stereocenters. The second kappa shape index (κ2) is 16.1. The summed E-state index contributed by atoms with van der Waals surface area (Å²) in [5.74, 6) is 0. The van der Waals surface area contributed by atoms with E-state index in [1.54, 1.807) is 9.36 Å². The van der Waals surface area contributed by atoms with Gasteiger partial charge in [0.25, 0.3) is 0 Å². The molecule has 0 saturated carbocycles. The molecule has 2 aromatic heterocycles. The molecular weight excluding hydrogens is 767 g/mol. The quantitative estimate of drug-likeness (QED) is 0.0797. The molecule has 58 heavy (non-hydrogen) atoms. The minimum atomic E-state index is -4.42. The van der Waals surface area contributed by atoms with Crippen LogP contribution in [0, 0.1) is 13.8 Å². The molecule has 0 radical (unpaired) electrons. The molecule has 3 unspecified atom stereocenters. The van der Waals surface area contributed by atoms with E-state index in [0.29, 0.717) is 35.0 Å². The van der Waals surface area contributed by atoms with Crippen molar-refractivity contribution in [3.63, 3.8) is 0 Å². The summed E-state index contributed by atoms with van der Waals surface area (Å²) in [7, 11) is -4.42. The Hall–Kier alpha value is -6.01. The third-order valence-electron chi connectivity index (χ3n) is 10.1. The molecule has 2 heterocycles. The molecule has 9 nitrogen and oxygen atoms in total. The van der Waals surface area contributed by atoms with E-state index in [2.05, 4.69) is 29.7 Å². The van der Waals surface area contributed by atoms with Gasteiger partial charge in [0.2, 0.25) is 0 Å². The number of para-hydroxylation sites is 2. The fraction of sp³-hybridized carbons (Fsp3) is 0.182. The van der Waals surface area contributed by atoms with E-state index in [-0.39, 0.29) is 12.1 Å². The normalized spacial score (nSPS) is 13.8. The van der Waals surface area contributed by atoms with Crippen molar-refractivity contribution in [1.82, 2.24) is 30.0 Å². The largest absolute Gasteiger partial charge is 0.389 e. The van der Waals surface area contributed by atoms with Gasteiger partial charge in [0.1, 0.15) is 11.0 Å². The van der Waals surface area contributed by atoms with Gasteiger partial charge in [-0.05, 0) is 73.2 Å². The second-order valence-corrected chi connectivity index (χ2v) is 15.1. The van der Waals surface area contributed by atoms with Crippen LogP contribution in [-0.4, -0.2) is 30.0 Å². The lowest BCUT2D eigenvalue weighted by molar-refractivity contribution is -0.220. The Morgan fingerprint density at radius 2 is 1.02 bits per heavy atom. The number of aryl methyl sites for hydroxylation is 2. The molecule has 0 N–H and O–H groups in total. The maximum Gasteiger partial charge on any atom is 0.389 e. The van der Waals surface area contributed by atoms with E-state index in [1.165, 1.54) is 24.3 Å². The van der Waals surface area contributed by atoms with Crippen molar-refractivity contribution in [2.45, 2.75) is 51.0 Å². The van der Waals surface area contributed by atoms with Crippen LogP contribution in [0.5, 0.6) is 0 Å². The Bertz CT molecular complexity index is 2700. The number of rotatable bonds is 14. The summed E-state index contributed by atoms with van der Waals surface area (Å²) in [6.07, 6.45) is -7.64. The van der Waals surface area contributed by atoms with Gasteiger partial charge in [0.15, 0.2) is 0 Å². The monoisotopic (exact) mass is 804 g/mol. The summed E-state index contributed by atoms with van der Waals surface area (Å²) in [5, 5.41) is 17.4. The molecule has 0 aliphatic carbocycles. The van der Waals surface area contributed by atoms with Gasteiger partial charge in [0, 0.05) is 0 Å². The van der Waals surface area contributed by atoms with Gasteiger partial charge in [-0.2, -0.15) is 17.6 Å². The van der Waals surface area contributed by atoms with Crippen molar-refractivity contribution in [1.29, 1.82) is 0 Å². The molecule has 0 bridgehead atoms. The zero-order valence-corrected chi connectivity index (χ0v) is 32.3. The van der Waals surface area contributed by atoms with Crippen LogP contribution in [0.15, 0.2) is 146 Å². The number of benzene rings is 6. The number of halogens is 4. The van der Waals surface area contributed by atoms with Gasteiger partial charge >= 0.3 is 20.5 Å². The highest BCUT2D eigenvalue weighted by atomic mass is 31.1. The molecule has 0 aliphatic heterocycles. The molecule has 294 valence electrons. The first-order valence-electron chi connectivity index (χ1n) is 18.5. The number of alkyl halides is 4. The lowest BCUT2D eigenvalue weighted by Crippen LogP contribution is -2.19. The van der Waals surface area contributed by atoms with Crippen LogP contribution >= 0.6 is 8.25 Å². The molecule has 0 saturated heterocycles. The number of hydrogen-bond acceptors (Lipinski definition) is 7. The SMILES string of the molecule is Cc1ccc(C(Cc2ccc(C(F)(F)O[PH](=O)OC(F)(F)c3ccc(CC(c4cccc(C)c4)n4nnc5ccccc54)cc3)cc2)n2nnc3ccccc32)cc1. The lowest BCUT2D eigenvalue weighted by Gasteiger charge is -2.22. The van der Waals surface area contributed by atoms with Crippen molar-refractivity contribution in [3.8, 4) is 0 Å². The highest BCUT2D eigenvalue weighted by molar-refractivity contribution is 7.33. The molecule has 8 aromatic rings. The summed E-state index contributed by atoms with van der Waals surface area (Å²) >= 11 is 0. The number of hydrogen-bond donors (Lipinski definition) is 0. The van der Waals surface area contributed by atoms with Crippen molar-refractivity contribution in [3.05, 3.63) is 190 Å². The second-order valence-electron chi connectivity index (χ2n) is 14.2. The molecular formula is C44H37F4N6O3P. The van der Waals surface area contributed by atoms with Crippen LogP contribution < -0.4 is 0 Å². The Labute approximate surface area is 331 Å². The van der Waals surface area contributed by atoms with E-state index in [9.17, 15) is 4.57 Å². The summed E-state index contributed by atoms with van der Waals surface area (Å²) in [5.41, 5.74) is 7.09. The predicted molar refractivity (Wildman–Crippen MR) is 213 cm³/mol. The van der Waals surface area contributed by atoms with E-state index < -0.39 is 31.6 Å². The Kier molecular flexibility index (Phi) is 10.8. The third kappa shape index (κ3) is 8.33. The number of fused-ring (bicyclic) bond motifs is 2. The van der Waals surface area contributed by atoms with Crippen molar-refractivity contribution in [2.24, 2.45) is 0 Å². The smallest absolute Gasteiger partial charge is 0.263 e. The van der Waals surface area contributed by atoms with Crippen molar-refractivity contribution >= 4 is 30.3 Å². The first-order valence-corrected chi connectivity index (χ1v) is 19.8. The minimum Gasteiger partial charge on any atom is -0.263 e. The van der Waals surface area contributed by atoms with Gasteiger partial charge in [-0.1, -0.05) is 143 Å². The summed E-state index contributed by atoms with van der Waals surface area (Å²) in [6.45, 7) is 3.96. The van der Waals surface area contributed by atoms with Crippen LogP contribution in [0.1, 0.15) is 56.6 Å². The molecule has 0 spiro atoms. The molecule has 8 rings (SSSR count). The average molecular weight is 805 g/mol. The van der Waals surface area contributed by atoms with Gasteiger partial charge in [0.05, 0.1) is 34.2 Å². The van der Waals surface area contributed by atoms with Crippen LogP contribution in [0.25, 0.3) is 22.1 Å². The fourth-order valence-electron chi connectivity index (χ4n) is 7.06. The minimum absolute atomic E-state index is 0.319. The van der Waals surface area contributed by atoms with Gasteiger partial charge < -0.3 is 0 Å². The standard InChI is InChI=1S/C44H37F4N6O3P/c1-29-14-20-33(21-15-29)41(53-39-12-5-3-10-37(39)49-51-53)27-31-16-22-35(23-17-31)43(45,46)56-58(55)57-44(47,48)36-24-18-32(19-25-36)28-42(34-9-7-8-30(2)26-34)54-40-13-6-4-11-38(40)50-52-54/h3-26,41-42,58H,27-28H2,1-2H3. The van der Waals surface area contributed by atoms with E-state index in [4.69, 9.17) is 0 Å². The van der Waals surface area contributed by atoms with Gasteiger partial charge in [-0.25, -0.2) is 18.4 Å². The van der Waals surface area contributed by atoms with Crippen LogP contribution in [-0.2, 0) is 38.7 Å². The lowest BCUT2D eigenvalue weighted by atomic mass is 9.96. The third-order valence-corrected chi connectivity index (χ3v) is 10.9. The molecule has 0 fully saturated rings. The molecule has 14 heteroatoms. The Morgan fingerprint density at radius 3 is 1.50 bits per heavy atom. The fourth-order valence-corrected chi connectivity index (χ4v) is 7.75. The average Bonchev–Trinajstić information content (AvgIpc) is 3.84. The van der Waals surface area contributed by atoms with Gasteiger partial charge in [-0.3, -0.25) is 4.57 Å². The highest BCUT2D eigenvalue weighted by Gasteiger charge is 2.41. The summed E-state index contributed by atoms with van der Waals surface area (Å²) in [4.78, 5) is 0. The zero-order chi connectivity index (χ0) is 40.4. The Balaban J connectivity index is 0.941. The van der Waals surface area contributed by atoms with Crippen LogP contribution in [0.3, 0.4) is 0 Å². The topological polar surface area (TPSA) is 97.0 Å². The van der Waals surface area contributed by atoms with Crippen LogP contribution in [0.2, 0.25) is 0 Å². The first-order chi connectivity index (χ1) is 27.9. The molecule has 6 aromatic carbocycles. The number of aromatic nitrogens is 6. The van der Waals surface area contributed by atoms with E-state index in [1.807, 2.05) is 111 Å². The molecule has 0 aliphatic rings. The summed E-state index contributed by atoms with van der Waals surface area (Å²) in [6, 6.07) is 40.6. The summed E-state index contributed by atoms with van der Waals surface area (Å²) < 4.78 is 86.1. The number of nitrogens with zero attached hydrogens (tertiary/aromatic N) is 6. The maximum absolute atomic E-state index is 15.3. The Morgan fingerprint density at radius 1 is 0.552 bits per heavy atom. The van der Waals surface area contributed by atoms with Crippen molar-refractivity contribution in [2.75, 3.05) is 0 Å². The zero-order valence-electron chi connectivity index (χ0n) is 31.3. The van der Waals surface area contributed by atoms with E-state index >= 15 is 17.6 Å². The van der Waals surface area contributed by atoms with Crippen LogP contribution in [0.4, 0.5) is 17.6 Å². The maximum atomic E-state index is 15.3. The first kappa shape index (κ1) is 38.8. The van der Waals surface area contributed by atoms with Gasteiger partial charge in [-0.15, -0.1) is 10.2 Å². The van der Waals surface area contributed by atoms with Crippen molar-refractivity contribution < 1.29 is 31.2 Å².